The Morgan fingerprint density at radius 1 is 1.02 bits per heavy atom. The quantitative estimate of drug-likeness (QED) is 0.108. The molecule has 0 aliphatic heterocycles. The first kappa shape index (κ1) is 30.3. The van der Waals surface area contributed by atoms with Gasteiger partial charge in [-0.1, -0.05) is 53.6 Å². The maximum atomic E-state index is 12.8. The first-order chi connectivity index (χ1) is 20.9. The number of thiazole rings is 1. The summed E-state index contributed by atoms with van der Waals surface area (Å²) in [6, 6.07) is 26.5. The standard InChI is InChI=1S/C33H28BrClN4O3S/c1-3-41-30-16-25(28(34)17-31(30)42-19-22-6-4-5-21(2)15-22)18-36-39-32(40)24-9-7-23(8-10-24)29-20-43-33(38-29)37-27-13-11-26(35)12-14-27/h4-18,20H,3,19H2,1-2H3,(H,37,38)(H,39,40)/b36-18-. The van der Waals surface area contributed by atoms with Crippen LogP contribution < -0.4 is 20.2 Å². The van der Waals surface area contributed by atoms with Crippen molar-refractivity contribution >= 4 is 61.8 Å². The van der Waals surface area contributed by atoms with E-state index >= 15 is 0 Å². The van der Waals surface area contributed by atoms with Gasteiger partial charge in [-0.25, -0.2) is 10.4 Å². The minimum absolute atomic E-state index is 0.328. The Morgan fingerprint density at radius 2 is 1.79 bits per heavy atom. The number of hydrogen-bond acceptors (Lipinski definition) is 7. The van der Waals surface area contributed by atoms with Crippen LogP contribution in [0.5, 0.6) is 11.5 Å². The molecule has 0 saturated heterocycles. The van der Waals surface area contributed by atoms with E-state index in [0.717, 1.165) is 37.7 Å². The van der Waals surface area contributed by atoms with Crippen molar-refractivity contribution in [2.24, 2.45) is 5.10 Å². The van der Waals surface area contributed by atoms with E-state index in [-0.39, 0.29) is 5.91 Å². The Kier molecular flexibility index (Phi) is 10.1. The fourth-order valence-corrected chi connectivity index (χ4v) is 5.42. The number of nitrogens with zero attached hydrogens (tertiary/aromatic N) is 2. The molecule has 0 radical (unpaired) electrons. The minimum Gasteiger partial charge on any atom is -0.490 e. The van der Waals surface area contributed by atoms with Crippen LogP contribution in [-0.4, -0.2) is 23.7 Å². The van der Waals surface area contributed by atoms with E-state index < -0.39 is 0 Å². The number of aromatic nitrogens is 1. The second-order valence-corrected chi connectivity index (χ2v) is 11.6. The third-order valence-corrected chi connectivity index (χ3v) is 7.95. The smallest absolute Gasteiger partial charge is 0.271 e. The molecule has 0 spiro atoms. The molecule has 1 aromatic heterocycles. The molecule has 7 nitrogen and oxygen atoms in total. The molecule has 4 aromatic carbocycles. The number of hydrogen-bond donors (Lipinski definition) is 2. The second kappa shape index (κ2) is 14.3. The number of carbonyl (C=O) groups is 1. The third-order valence-electron chi connectivity index (χ3n) is 6.25. The van der Waals surface area contributed by atoms with Crippen LogP contribution >= 0.6 is 38.9 Å². The van der Waals surface area contributed by atoms with Gasteiger partial charge < -0.3 is 14.8 Å². The van der Waals surface area contributed by atoms with E-state index in [9.17, 15) is 4.79 Å². The Morgan fingerprint density at radius 3 is 2.53 bits per heavy atom. The largest absolute Gasteiger partial charge is 0.490 e. The number of aryl methyl sites for hydroxylation is 1. The van der Waals surface area contributed by atoms with Crippen LogP contribution in [-0.2, 0) is 6.61 Å². The number of halogens is 2. The van der Waals surface area contributed by atoms with Gasteiger partial charge in [0.25, 0.3) is 5.91 Å². The zero-order chi connectivity index (χ0) is 30.2. The summed E-state index contributed by atoms with van der Waals surface area (Å²) < 4.78 is 12.6. The number of amides is 1. The van der Waals surface area contributed by atoms with Gasteiger partial charge in [0.1, 0.15) is 6.61 Å². The first-order valence-corrected chi connectivity index (χ1v) is 15.5. The summed E-state index contributed by atoms with van der Waals surface area (Å²) in [5.41, 5.74) is 8.66. The Balaban J connectivity index is 1.20. The Labute approximate surface area is 267 Å². The van der Waals surface area contributed by atoms with Crippen molar-refractivity contribution in [1.82, 2.24) is 10.4 Å². The van der Waals surface area contributed by atoms with Crippen molar-refractivity contribution in [3.8, 4) is 22.8 Å². The molecule has 43 heavy (non-hydrogen) atoms. The molecule has 0 fully saturated rings. The number of carbonyl (C=O) groups excluding carboxylic acids is 1. The van der Waals surface area contributed by atoms with Crippen LogP contribution in [0.1, 0.15) is 34.0 Å². The topological polar surface area (TPSA) is 84.8 Å². The molecular formula is C33H28BrClN4O3S. The average molecular weight is 676 g/mol. The van der Waals surface area contributed by atoms with Gasteiger partial charge >= 0.3 is 0 Å². The summed E-state index contributed by atoms with van der Waals surface area (Å²) in [5.74, 6) is 0.880. The predicted octanol–water partition coefficient (Wildman–Crippen LogP) is 9.02. The summed E-state index contributed by atoms with van der Waals surface area (Å²) in [7, 11) is 0. The van der Waals surface area contributed by atoms with Gasteiger partial charge in [0, 0.05) is 37.3 Å². The summed E-state index contributed by atoms with van der Waals surface area (Å²) in [5, 5.41) is 10.8. The minimum atomic E-state index is -0.328. The monoisotopic (exact) mass is 674 g/mol. The van der Waals surface area contributed by atoms with Crippen molar-refractivity contribution in [2.75, 3.05) is 11.9 Å². The molecular weight excluding hydrogens is 648 g/mol. The van der Waals surface area contributed by atoms with Gasteiger partial charge in [-0.3, -0.25) is 4.79 Å². The van der Waals surface area contributed by atoms with Crippen LogP contribution in [0.2, 0.25) is 5.02 Å². The fraction of sp³-hybridized carbons (Fsp3) is 0.121. The van der Waals surface area contributed by atoms with Crippen LogP contribution in [0, 0.1) is 6.92 Å². The van der Waals surface area contributed by atoms with Crippen LogP contribution in [0.4, 0.5) is 10.8 Å². The van der Waals surface area contributed by atoms with E-state index in [4.69, 9.17) is 21.1 Å². The lowest BCUT2D eigenvalue weighted by Crippen LogP contribution is -2.17. The lowest BCUT2D eigenvalue weighted by molar-refractivity contribution is 0.0955. The number of ether oxygens (including phenoxy) is 2. The van der Waals surface area contributed by atoms with Gasteiger partial charge in [0.2, 0.25) is 0 Å². The van der Waals surface area contributed by atoms with E-state index in [0.29, 0.717) is 35.3 Å². The molecule has 5 rings (SSSR count). The van der Waals surface area contributed by atoms with Crippen molar-refractivity contribution in [2.45, 2.75) is 20.5 Å². The normalized spacial score (nSPS) is 11.0. The summed E-state index contributed by atoms with van der Waals surface area (Å²) in [4.78, 5) is 17.4. The molecule has 0 aliphatic rings. The lowest BCUT2D eigenvalue weighted by Gasteiger charge is -2.14. The molecule has 0 bridgehead atoms. The third kappa shape index (κ3) is 8.22. The van der Waals surface area contributed by atoms with Crippen LogP contribution in [0.3, 0.4) is 0 Å². The molecule has 1 heterocycles. The van der Waals surface area contributed by atoms with E-state index in [1.165, 1.54) is 16.9 Å². The number of hydrazone groups is 1. The summed E-state index contributed by atoms with van der Waals surface area (Å²) in [6.45, 7) is 4.86. The summed E-state index contributed by atoms with van der Waals surface area (Å²) >= 11 is 11.0. The molecule has 218 valence electrons. The van der Waals surface area contributed by atoms with E-state index in [1.807, 2.05) is 86.0 Å². The second-order valence-electron chi connectivity index (χ2n) is 9.48. The lowest BCUT2D eigenvalue weighted by atomic mass is 10.1. The first-order valence-electron chi connectivity index (χ1n) is 13.4. The molecule has 0 saturated carbocycles. The Hall–Kier alpha value is -4.18. The van der Waals surface area contributed by atoms with Gasteiger partial charge in [-0.05, 0) is 83.9 Å². The van der Waals surface area contributed by atoms with Gasteiger partial charge in [-0.15, -0.1) is 11.3 Å². The van der Waals surface area contributed by atoms with Gasteiger partial charge in [0.15, 0.2) is 16.6 Å². The van der Waals surface area contributed by atoms with Crippen LogP contribution in [0.15, 0.2) is 99.9 Å². The number of benzene rings is 4. The number of rotatable bonds is 11. The zero-order valence-electron chi connectivity index (χ0n) is 23.4. The van der Waals surface area contributed by atoms with Crippen LogP contribution in [0.25, 0.3) is 11.3 Å². The molecule has 0 aliphatic carbocycles. The highest BCUT2D eigenvalue weighted by molar-refractivity contribution is 9.10. The number of nitrogens with one attached hydrogen (secondary N) is 2. The maximum absolute atomic E-state index is 12.8. The highest BCUT2D eigenvalue weighted by Crippen LogP contribution is 2.34. The van der Waals surface area contributed by atoms with Crippen molar-refractivity contribution in [1.29, 1.82) is 0 Å². The van der Waals surface area contributed by atoms with Gasteiger partial charge in [0.05, 0.1) is 18.5 Å². The highest BCUT2D eigenvalue weighted by Gasteiger charge is 2.12. The molecule has 0 atom stereocenters. The molecule has 10 heteroatoms. The van der Waals surface area contributed by atoms with E-state index in [2.05, 4.69) is 42.8 Å². The van der Waals surface area contributed by atoms with Crippen molar-refractivity contribution in [3.63, 3.8) is 0 Å². The average Bonchev–Trinajstić information content (AvgIpc) is 3.47. The van der Waals surface area contributed by atoms with Gasteiger partial charge in [-0.2, -0.15) is 5.10 Å². The molecule has 2 N–H and O–H groups in total. The maximum Gasteiger partial charge on any atom is 0.271 e. The molecule has 1 amide bonds. The van der Waals surface area contributed by atoms with Crippen molar-refractivity contribution < 1.29 is 14.3 Å². The SMILES string of the molecule is CCOc1cc(/C=N\NC(=O)c2ccc(-c3csc(Nc4ccc(Cl)cc4)n3)cc2)c(Br)cc1OCc1cccc(C)c1. The predicted molar refractivity (Wildman–Crippen MR) is 178 cm³/mol. The highest BCUT2D eigenvalue weighted by atomic mass is 79.9. The summed E-state index contributed by atoms with van der Waals surface area (Å²) in [6.07, 6.45) is 1.56. The molecule has 5 aromatic rings. The molecule has 0 unspecified atom stereocenters. The fourth-order valence-electron chi connectivity index (χ4n) is 4.13. The zero-order valence-corrected chi connectivity index (χ0v) is 26.6. The van der Waals surface area contributed by atoms with E-state index in [1.54, 1.807) is 18.3 Å². The van der Waals surface area contributed by atoms with Crippen molar-refractivity contribution in [3.05, 3.63) is 122 Å². The number of anilines is 2. The Bertz CT molecular complexity index is 1740.